The Labute approximate surface area is 213 Å². The second-order valence-corrected chi connectivity index (χ2v) is 9.61. The third-order valence-electron chi connectivity index (χ3n) is 7.19. The fraction of sp³-hybridized carbons (Fsp3) is 0.276. The van der Waals surface area contributed by atoms with Crippen molar-refractivity contribution in [2.45, 2.75) is 45.2 Å². The first-order valence-corrected chi connectivity index (χ1v) is 12.1. The number of anilines is 1. The van der Waals surface area contributed by atoms with Gasteiger partial charge in [0.15, 0.2) is 0 Å². The van der Waals surface area contributed by atoms with Crippen LogP contribution in [0.2, 0.25) is 0 Å². The van der Waals surface area contributed by atoms with Crippen molar-refractivity contribution in [2.24, 2.45) is 0 Å². The van der Waals surface area contributed by atoms with Gasteiger partial charge in [-0.1, -0.05) is 24.3 Å². The summed E-state index contributed by atoms with van der Waals surface area (Å²) in [7, 11) is 0. The van der Waals surface area contributed by atoms with Gasteiger partial charge in [0.05, 0.1) is 51.3 Å². The topological polar surface area (TPSA) is 107 Å². The van der Waals surface area contributed by atoms with E-state index < -0.39 is 12.2 Å². The van der Waals surface area contributed by atoms with Crippen LogP contribution in [0.1, 0.15) is 53.9 Å². The Kier molecular flexibility index (Phi) is 5.97. The minimum Gasteiger partial charge on any atom is -0.363 e. The minimum atomic E-state index is -0.863. The third kappa shape index (κ3) is 4.11. The maximum atomic E-state index is 14.2. The molecule has 1 atom stereocenters. The molecule has 1 aliphatic carbocycles. The van der Waals surface area contributed by atoms with E-state index in [4.69, 9.17) is 0 Å². The van der Waals surface area contributed by atoms with Crippen LogP contribution in [0.4, 0.5) is 10.2 Å². The average Bonchev–Trinajstić information content (AvgIpc) is 3.70. The molecule has 4 aromatic rings. The zero-order valence-corrected chi connectivity index (χ0v) is 20.8. The van der Waals surface area contributed by atoms with E-state index in [2.05, 4.69) is 27.4 Å². The lowest BCUT2D eigenvalue weighted by atomic mass is 9.98. The van der Waals surface area contributed by atoms with Gasteiger partial charge in [0.2, 0.25) is 0 Å². The number of nitrogens with zero attached hydrogens (tertiary/aromatic N) is 5. The van der Waals surface area contributed by atoms with Crippen molar-refractivity contribution in [1.82, 2.24) is 14.5 Å². The summed E-state index contributed by atoms with van der Waals surface area (Å²) >= 11 is 0. The summed E-state index contributed by atoms with van der Waals surface area (Å²) in [6, 6.07) is 16.4. The van der Waals surface area contributed by atoms with E-state index in [1.54, 1.807) is 43.5 Å². The number of fused-ring (bicyclic) bond motifs is 1. The van der Waals surface area contributed by atoms with E-state index in [0.717, 1.165) is 11.1 Å². The van der Waals surface area contributed by atoms with E-state index >= 15 is 0 Å². The maximum Gasteiger partial charge on any atom is 0.261 e. The van der Waals surface area contributed by atoms with Crippen molar-refractivity contribution in [2.75, 3.05) is 12.0 Å². The first-order chi connectivity index (χ1) is 17.8. The van der Waals surface area contributed by atoms with Crippen molar-refractivity contribution < 1.29 is 4.39 Å². The van der Waals surface area contributed by atoms with Gasteiger partial charge >= 0.3 is 0 Å². The molecule has 0 aliphatic heterocycles. The Morgan fingerprint density at radius 2 is 1.84 bits per heavy atom. The van der Waals surface area contributed by atoms with Crippen LogP contribution < -0.4 is 10.9 Å². The fourth-order valence-electron chi connectivity index (χ4n) is 4.85. The first-order valence-electron chi connectivity index (χ1n) is 12.1. The van der Waals surface area contributed by atoms with Crippen molar-refractivity contribution in [3.05, 3.63) is 87.1 Å². The highest BCUT2D eigenvalue weighted by atomic mass is 19.1. The van der Waals surface area contributed by atoms with Gasteiger partial charge in [0.1, 0.15) is 18.3 Å². The molecule has 2 aromatic heterocycles. The van der Waals surface area contributed by atoms with Crippen molar-refractivity contribution in [3.8, 4) is 23.3 Å². The molecule has 7 nitrogen and oxygen atoms in total. The molecule has 1 saturated carbocycles. The molecule has 0 bridgehead atoms. The number of halogens is 1. The van der Waals surface area contributed by atoms with Gasteiger partial charge in [-0.3, -0.25) is 4.79 Å². The van der Waals surface area contributed by atoms with Crippen LogP contribution in [0.3, 0.4) is 0 Å². The zero-order chi connectivity index (χ0) is 26.3. The van der Waals surface area contributed by atoms with Crippen LogP contribution in [0.5, 0.6) is 0 Å². The van der Waals surface area contributed by atoms with Crippen molar-refractivity contribution in [1.29, 1.82) is 10.5 Å². The number of alkyl halides is 1. The van der Waals surface area contributed by atoms with Gasteiger partial charge in [-0.25, -0.2) is 14.4 Å². The Bertz CT molecular complexity index is 1670. The number of pyridine rings is 1. The summed E-state index contributed by atoms with van der Waals surface area (Å²) in [4.78, 5) is 23.1. The van der Waals surface area contributed by atoms with Crippen LogP contribution in [-0.2, 0) is 5.54 Å². The van der Waals surface area contributed by atoms with E-state index in [0.29, 0.717) is 57.6 Å². The zero-order valence-electron chi connectivity index (χ0n) is 20.8. The Balaban J connectivity index is 1.74. The van der Waals surface area contributed by atoms with E-state index in [-0.39, 0.29) is 11.6 Å². The maximum absolute atomic E-state index is 14.2. The molecule has 184 valence electrons. The average molecular weight is 493 g/mol. The number of aryl methyl sites for hydroxylation is 1. The summed E-state index contributed by atoms with van der Waals surface area (Å²) in [6.45, 7) is 5.01. The lowest BCUT2D eigenvalue weighted by molar-refractivity contribution is 0.331. The van der Waals surface area contributed by atoms with Crippen LogP contribution in [0.15, 0.2) is 53.5 Å². The van der Waals surface area contributed by atoms with Gasteiger partial charge in [-0.05, 0) is 68.5 Å². The number of nitrogens with one attached hydrogen (secondary N) is 1. The Morgan fingerprint density at radius 3 is 2.46 bits per heavy atom. The smallest absolute Gasteiger partial charge is 0.261 e. The largest absolute Gasteiger partial charge is 0.363 e. The summed E-state index contributed by atoms with van der Waals surface area (Å²) in [6.07, 6.45) is 2.83. The van der Waals surface area contributed by atoms with E-state index in [1.165, 1.54) is 4.57 Å². The molecule has 8 heteroatoms. The number of nitriles is 2. The molecule has 2 heterocycles. The second kappa shape index (κ2) is 9.15. The SMILES string of the molecule is Cc1nc(NC(C)c2cccc(C#N)c2C)c2cn(C3(CF)CC3)c(=O)c(-c3ccc(C#N)cc3)c2n1. The predicted molar refractivity (Wildman–Crippen MR) is 140 cm³/mol. The molecule has 1 aliphatic rings. The lowest BCUT2D eigenvalue weighted by Crippen LogP contribution is -2.33. The molecule has 2 aromatic carbocycles. The van der Waals surface area contributed by atoms with Gasteiger partial charge in [0.25, 0.3) is 5.56 Å². The van der Waals surface area contributed by atoms with Gasteiger partial charge in [-0.2, -0.15) is 10.5 Å². The van der Waals surface area contributed by atoms with Gasteiger partial charge in [-0.15, -0.1) is 0 Å². The Morgan fingerprint density at radius 1 is 1.11 bits per heavy atom. The molecular weight excluding hydrogens is 467 g/mol. The molecule has 5 rings (SSSR count). The van der Waals surface area contributed by atoms with Crippen molar-refractivity contribution in [3.63, 3.8) is 0 Å². The molecule has 0 amide bonds. The quantitative estimate of drug-likeness (QED) is 0.383. The Hall–Kier alpha value is -4.56. The van der Waals surface area contributed by atoms with E-state index in [9.17, 15) is 19.7 Å². The highest BCUT2D eigenvalue weighted by molar-refractivity contribution is 5.98. The highest BCUT2D eigenvalue weighted by Crippen LogP contribution is 2.44. The highest BCUT2D eigenvalue weighted by Gasteiger charge is 2.46. The molecule has 1 N–H and O–H groups in total. The monoisotopic (exact) mass is 492 g/mol. The van der Waals surface area contributed by atoms with Gasteiger partial charge in [0, 0.05) is 6.20 Å². The number of hydrogen-bond acceptors (Lipinski definition) is 6. The standard InChI is InChI=1S/C29H25FN6O/c1-17-22(14-32)5-4-6-23(17)18(2)33-27-24-15-36(29(16-30)11-12-29)28(37)25(26(24)34-19(3)35-27)21-9-7-20(13-31)8-10-21/h4-10,15,18H,11-12,16H2,1-3H3,(H,33,34,35). The van der Waals surface area contributed by atoms with E-state index in [1.807, 2.05) is 26.0 Å². The fourth-order valence-corrected chi connectivity index (χ4v) is 4.85. The normalized spacial score (nSPS) is 14.5. The molecule has 37 heavy (non-hydrogen) atoms. The molecule has 1 unspecified atom stereocenters. The summed E-state index contributed by atoms with van der Waals surface area (Å²) in [5.41, 5.74) is 3.15. The number of aromatic nitrogens is 3. The lowest BCUT2D eigenvalue weighted by Gasteiger charge is -2.22. The number of rotatable bonds is 6. The molecule has 1 fully saturated rings. The molecule has 0 spiro atoms. The molecule has 0 radical (unpaired) electrons. The summed E-state index contributed by atoms with van der Waals surface area (Å²) in [5, 5.41) is 22.7. The van der Waals surface area contributed by atoms with Crippen LogP contribution in [0, 0.1) is 36.5 Å². The van der Waals surface area contributed by atoms with Crippen molar-refractivity contribution >= 4 is 16.7 Å². The minimum absolute atomic E-state index is 0.208. The summed E-state index contributed by atoms with van der Waals surface area (Å²) < 4.78 is 15.7. The molecule has 0 saturated heterocycles. The number of benzene rings is 2. The predicted octanol–water partition coefficient (Wildman–Crippen LogP) is 5.45. The number of hydrogen-bond donors (Lipinski definition) is 1. The first kappa shape index (κ1) is 24.1. The van der Waals surface area contributed by atoms with Crippen LogP contribution in [-0.4, -0.2) is 21.2 Å². The third-order valence-corrected chi connectivity index (χ3v) is 7.19. The summed E-state index contributed by atoms with van der Waals surface area (Å²) in [5.74, 6) is 0.999. The van der Waals surface area contributed by atoms with Gasteiger partial charge < -0.3 is 9.88 Å². The van der Waals surface area contributed by atoms with Crippen LogP contribution in [0.25, 0.3) is 22.0 Å². The second-order valence-electron chi connectivity index (χ2n) is 9.61. The molecular formula is C29H25FN6O. The van der Waals surface area contributed by atoms with Crippen LogP contribution >= 0.6 is 0 Å².